The van der Waals surface area contributed by atoms with Gasteiger partial charge in [-0.05, 0) is 25.5 Å². The minimum Gasteiger partial charge on any atom is -0.345 e. The molecular weight excluding hydrogens is 308 g/mol. The van der Waals surface area contributed by atoms with Crippen LogP contribution in [0.15, 0.2) is 47.4 Å². The third-order valence-corrected chi connectivity index (χ3v) is 5.04. The molecular formula is C18H18N2O2S. The van der Waals surface area contributed by atoms with E-state index < -0.39 is 0 Å². The fourth-order valence-electron chi connectivity index (χ4n) is 2.69. The number of nitrogens with zero attached hydrogens (tertiary/aromatic N) is 1. The second kappa shape index (κ2) is 6.01. The molecule has 4 nitrogen and oxygen atoms in total. The van der Waals surface area contributed by atoms with E-state index in [0.717, 1.165) is 15.1 Å². The lowest BCUT2D eigenvalue weighted by atomic mass is 10.1. The average molecular weight is 326 g/mol. The molecule has 0 bridgehead atoms. The van der Waals surface area contributed by atoms with Crippen LogP contribution >= 0.6 is 11.3 Å². The van der Waals surface area contributed by atoms with Crippen molar-refractivity contribution in [3.63, 3.8) is 0 Å². The zero-order chi connectivity index (χ0) is 16.6. The molecule has 3 aromatic rings. The van der Waals surface area contributed by atoms with Crippen molar-refractivity contribution in [3.8, 4) is 0 Å². The molecule has 1 aromatic carbocycles. The summed E-state index contributed by atoms with van der Waals surface area (Å²) in [6.07, 6.45) is 1.73. The van der Waals surface area contributed by atoms with Crippen LogP contribution in [0.3, 0.4) is 0 Å². The van der Waals surface area contributed by atoms with Crippen molar-refractivity contribution in [2.45, 2.75) is 19.9 Å². The molecule has 2 heterocycles. The van der Waals surface area contributed by atoms with Gasteiger partial charge in [-0.3, -0.25) is 9.59 Å². The van der Waals surface area contributed by atoms with E-state index in [9.17, 15) is 9.59 Å². The van der Waals surface area contributed by atoms with E-state index in [0.29, 0.717) is 10.9 Å². The summed E-state index contributed by atoms with van der Waals surface area (Å²) in [5, 5.41) is 3.51. The Kier molecular flexibility index (Phi) is 4.05. The second-order valence-electron chi connectivity index (χ2n) is 5.61. The molecule has 0 aliphatic rings. The fraction of sp³-hybridized carbons (Fsp3) is 0.222. The lowest BCUT2D eigenvalue weighted by Crippen LogP contribution is -2.28. The first-order valence-corrected chi connectivity index (χ1v) is 8.25. The van der Waals surface area contributed by atoms with Gasteiger partial charge >= 0.3 is 0 Å². The van der Waals surface area contributed by atoms with Gasteiger partial charge in [0.1, 0.15) is 0 Å². The van der Waals surface area contributed by atoms with Gasteiger partial charge in [0.15, 0.2) is 0 Å². The number of benzene rings is 1. The van der Waals surface area contributed by atoms with E-state index in [1.165, 1.54) is 15.9 Å². The largest absolute Gasteiger partial charge is 0.345 e. The molecule has 0 spiro atoms. The number of thiophene rings is 1. The highest BCUT2D eigenvalue weighted by Gasteiger charge is 2.21. The van der Waals surface area contributed by atoms with Crippen molar-refractivity contribution in [3.05, 3.63) is 69.0 Å². The zero-order valence-corrected chi connectivity index (χ0v) is 14.1. The highest BCUT2D eigenvalue weighted by atomic mass is 32.1. The van der Waals surface area contributed by atoms with Crippen LogP contribution in [-0.2, 0) is 7.05 Å². The Balaban J connectivity index is 2.00. The van der Waals surface area contributed by atoms with Crippen molar-refractivity contribution < 1.29 is 4.79 Å². The monoisotopic (exact) mass is 326 g/mol. The summed E-state index contributed by atoms with van der Waals surface area (Å²) < 4.78 is 2.36. The van der Waals surface area contributed by atoms with Gasteiger partial charge in [-0.1, -0.05) is 30.3 Å². The molecule has 2 aromatic heterocycles. The molecule has 3 rings (SSSR count). The number of hydrogen-bond acceptors (Lipinski definition) is 3. The number of nitrogens with one attached hydrogen (secondary N) is 1. The molecule has 1 amide bonds. The van der Waals surface area contributed by atoms with Crippen molar-refractivity contribution in [2.75, 3.05) is 0 Å². The Hall–Kier alpha value is -2.40. The van der Waals surface area contributed by atoms with Crippen LogP contribution in [-0.4, -0.2) is 10.5 Å². The number of hydrogen-bond donors (Lipinski definition) is 1. The maximum absolute atomic E-state index is 12.7. The zero-order valence-electron chi connectivity index (χ0n) is 13.3. The predicted octanol–water partition coefficient (Wildman–Crippen LogP) is 3.40. The minimum atomic E-state index is -0.201. The Bertz CT molecular complexity index is 925. The van der Waals surface area contributed by atoms with Crippen LogP contribution in [0.25, 0.3) is 10.1 Å². The SMILES string of the molecule is Cc1sc2ccn(C)c(=O)c2c1C(=O)N[C@H](C)c1ccccc1. The number of carbonyl (C=O) groups excluding carboxylic acids is 1. The number of rotatable bonds is 3. The lowest BCUT2D eigenvalue weighted by molar-refractivity contribution is 0.0941. The van der Waals surface area contributed by atoms with Crippen LogP contribution in [0.1, 0.15) is 33.8 Å². The molecule has 118 valence electrons. The van der Waals surface area contributed by atoms with Gasteiger partial charge in [-0.15, -0.1) is 11.3 Å². The third-order valence-electron chi connectivity index (χ3n) is 3.97. The van der Waals surface area contributed by atoms with E-state index in [1.54, 1.807) is 13.2 Å². The van der Waals surface area contributed by atoms with Gasteiger partial charge in [-0.2, -0.15) is 0 Å². The Morgan fingerprint density at radius 3 is 2.61 bits per heavy atom. The highest BCUT2D eigenvalue weighted by Crippen LogP contribution is 2.28. The summed E-state index contributed by atoms with van der Waals surface area (Å²) in [5.74, 6) is -0.201. The molecule has 0 aliphatic heterocycles. The van der Waals surface area contributed by atoms with Gasteiger partial charge in [0.25, 0.3) is 11.5 Å². The minimum absolute atomic E-state index is 0.120. The van der Waals surface area contributed by atoms with Crippen molar-refractivity contribution in [1.82, 2.24) is 9.88 Å². The van der Waals surface area contributed by atoms with Gasteiger partial charge in [-0.25, -0.2) is 0 Å². The molecule has 1 N–H and O–H groups in total. The molecule has 0 aliphatic carbocycles. The second-order valence-corrected chi connectivity index (χ2v) is 6.87. The van der Waals surface area contributed by atoms with Crippen LogP contribution in [0, 0.1) is 6.92 Å². The van der Waals surface area contributed by atoms with Crippen molar-refractivity contribution in [2.24, 2.45) is 7.05 Å². The first-order valence-electron chi connectivity index (χ1n) is 7.43. The van der Waals surface area contributed by atoms with Crippen LogP contribution < -0.4 is 10.9 Å². The van der Waals surface area contributed by atoms with Gasteiger partial charge in [0.2, 0.25) is 0 Å². The van der Waals surface area contributed by atoms with E-state index in [4.69, 9.17) is 0 Å². The average Bonchev–Trinajstić information content (AvgIpc) is 2.89. The third kappa shape index (κ3) is 2.80. The summed E-state index contributed by atoms with van der Waals surface area (Å²) in [6, 6.07) is 11.5. The predicted molar refractivity (Wildman–Crippen MR) is 94.1 cm³/mol. The summed E-state index contributed by atoms with van der Waals surface area (Å²) in [7, 11) is 1.70. The number of aryl methyl sites for hydroxylation is 2. The maximum atomic E-state index is 12.7. The van der Waals surface area contributed by atoms with Crippen LogP contribution in [0.4, 0.5) is 0 Å². The molecule has 0 unspecified atom stereocenters. The standard InChI is InChI=1S/C18H18N2O2S/c1-11(13-7-5-4-6-8-13)19-17(21)15-12(2)23-14-9-10-20(3)18(22)16(14)15/h4-11H,1-3H3,(H,19,21)/t11-/m1/s1. The number of aromatic nitrogens is 1. The first-order chi connectivity index (χ1) is 11.0. The summed E-state index contributed by atoms with van der Waals surface area (Å²) in [6.45, 7) is 3.82. The van der Waals surface area contributed by atoms with E-state index in [2.05, 4.69) is 5.32 Å². The summed E-state index contributed by atoms with van der Waals surface area (Å²) in [5.41, 5.74) is 1.39. The van der Waals surface area contributed by atoms with Gasteiger partial charge in [0, 0.05) is 22.8 Å². The van der Waals surface area contributed by atoms with Gasteiger partial charge < -0.3 is 9.88 Å². The van der Waals surface area contributed by atoms with Crippen LogP contribution in [0.5, 0.6) is 0 Å². The van der Waals surface area contributed by atoms with E-state index >= 15 is 0 Å². The smallest absolute Gasteiger partial charge is 0.259 e. The Morgan fingerprint density at radius 1 is 1.22 bits per heavy atom. The Labute approximate surface area is 138 Å². The van der Waals surface area contributed by atoms with Crippen LogP contribution in [0.2, 0.25) is 0 Å². The topological polar surface area (TPSA) is 51.1 Å². The molecule has 0 saturated carbocycles. The number of carbonyl (C=O) groups is 1. The molecule has 0 radical (unpaired) electrons. The molecule has 5 heteroatoms. The quantitative estimate of drug-likeness (QED) is 0.802. The summed E-state index contributed by atoms with van der Waals surface area (Å²) >= 11 is 1.48. The fourth-order valence-corrected chi connectivity index (χ4v) is 3.73. The van der Waals surface area contributed by atoms with E-state index in [-0.39, 0.29) is 17.5 Å². The molecule has 1 atom stereocenters. The van der Waals surface area contributed by atoms with Gasteiger partial charge in [0.05, 0.1) is 17.0 Å². The number of pyridine rings is 1. The Morgan fingerprint density at radius 2 is 1.91 bits per heavy atom. The normalized spacial score (nSPS) is 12.3. The number of amides is 1. The first kappa shape index (κ1) is 15.5. The lowest BCUT2D eigenvalue weighted by Gasteiger charge is -2.14. The van der Waals surface area contributed by atoms with Crippen molar-refractivity contribution in [1.29, 1.82) is 0 Å². The highest BCUT2D eigenvalue weighted by molar-refractivity contribution is 7.19. The van der Waals surface area contributed by atoms with E-state index in [1.807, 2.05) is 50.2 Å². The number of fused-ring (bicyclic) bond motifs is 1. The maximum Gasteiger partial charge on any atom is 0.259 e. The molecule has 23 heavy (non-hydrogen) atoms. The summed E-state index contributed by atoms with van der Waals surface area (Å²) in [4.78, 5) is 26.0. The molecule has 0 saturated heterocycles. The molecule has 0 fully saturated rings. The van der Waals surface area contributed by atoms with Crippen molar-refractivity contribution >= 4 is 27.3 Å².